The summed E-state index contributed by atoms with van der Waals surface area (Å²) in [6, 6.07) is 7.02. The Bertz CT molecular complexity index is 602. The zero-order chi connectivity index (χ0) is 15.4. The van der Waals surface area contributed by atoms with Gasteiger partial charge in [-0.2, -0.15) is 0 Å². The van der Waals surface area contributed by atoms with E-state index in [9.17, 15) is 13.2 Å². The molecule has 0 saturated heterocycles. The fourth-order valence-corrected chi connectivity index (χ4v) is 1.83. The van der Waals surface area contributed by atoms with Crippen LogP contribution in [0.4, 0.5) is 18.9 Å². The van der Waals surface area contributed by atoms with E-state index >= 15 is 0 Å². The highest BCUT2D eigenvalue weighted by atomic mass is 19.2. The molecule has 1 N–H and O–H groups in total. The molecule has 3 nitrogen and oxygen atoms in total. The van der Waals surface area contributed by atoms with Crippen LogP contribution in [-0.4, -0.2) is 14.2 Å². The molecule has 0 unspecified atom stereocenters. The van der Waals surface area contributed by atoms with Crippen LogP contribution in [0, 0.1) is 17.5 Å². The first-order chi connectivity index (χ1) is 10.0. The van der Waals surface area contributed by atoms with Gasteiger partial charge in [0.25, 0.3) is 0 Å². The monoisotopic (exact) mass is 297 g/mol. The first kappa shape index (κ1) is 15.0. The SMILES string of the molecule is COc1cc(CNc2cc(F)c(F)c(F)c2)cc(OC)c1. The number of rotatable bonds is 5. The second-order valence-corrected chi connectivity index (χ2v) is 4.33. The lowest BCUT2D eigenvalue weighted by Gasteiger charge is -2.11. The molecule has 0 bridgehead atoms. The molecule has 0 aliphatic heterocycles. The normalized spacial score (nSPS) is 10.3. The molecule has 0 aromatic heterocycles. The molecule has 0 atom stereocenters. The molecule has 2 aromatic carbocycles. The van der Waals surface area contributed by atoms with Gasteiger partial charge in [-0.25, -0.2) is 13.2 Å². The average Bonchev–Trinajstić information content (AvgIpc) is 2.49. The van der Waals surface area contributed by atoms with Crippen LogP contribution in [0.3, 0.4) is 0 Å². The molecule has 0 spiro atoms. The molecule has 0 aliphatic rings. The Morgan fingerprint density at radius 3 is 1.86 bits per heavy atom. The van der Waals surface area contributed by atoms with Gasteiger partial charge in [0.05, 0.1) is 14.2 Å². The first-order valence-electron chi connectivity index (χ1n) is 6.14. The topological polar surface area (TPSA) is 30.5 Å². The van der Waals surface area contributed by atoms with Gasteiger partial charge in [-0.15, -0.1) is 0 Å². The zero-order valence-corrected chi connectivity index (χ0v) is 11.5. The Balaban J connectivity index is 2.16. The van der Waals surface area contributed by atoms with Gasteiger partial charge >= 0.3 is 0 Å². The highest BCUT2D eigenvalue weighted by Crippen LogP contribution is 2.24. The quantitative estimate of drug-likeness (QED) is 0.853. The Hall–Kier alpha value is -2.37. The van der Waals surface area contributed by atoms with Crippen LogP contribution in [0.2, 0.25) is 0 Å². The minimum absolute atomic E-state index is 0.146. The Kier molecular flexibility index (Phi) is 4.57. The van der Waals surface area contributed by atoms with Gasteiger partial charge in [-0.3, -0.25) is 0 Å². The molecule has 6 heteroatoms. The van der Waals surface area contributed by atoms with Gasteiger partial charge < -0.3 is 14.8 Å². The number of benzene rings is 2. The number of anilines is 1. The minimum Gasteiger partial charge on any atom is -0.497 e. The first-order valence-corrected chi connectivity index (χ1v) is 6.14. The van der Waals surface area contributed by atoms with Crippen molar-refractivity contribution in [2.24, 2.45) is 0 Å². The van der Waals surface area contributed by atoms with Gasteiger partial charge in [0.15, 0.2) is 17.5 Å². The van der Waals surface area contributed by atoms with Crippen molar-refractivity contribution in [1.82, 2.24) is 0 Å². The Morgan fingerprint density at radius 1 is 0.857 bits per heavy atom. The van der Waals surface area contributed by atoms with Crippen LogP contribution in [0.25, 0.3) is 0 Å². The van der Waals surface area contributed by atoms with Crippen molar-refractivity contribution in [2.45, 2.75) is 6.54 Å². The molecule has 0 saturated carbocycles. The van der Waals surface area contributed by atoms with Gasteiger partial charge in [0.2, 0.25) is 0 Å². The van der Waals surface area contributed by atoms with Crippen molar-refractivity contribution >= 4 is 5.69 Å². The third kappa shape index (κ3) is 3.59. The van der Waals surface area contributed by atoms with Crippen molar-refractivity contribution in [3.05, 3.63) is 53.3 Å². The van der Waals surface area contributed by atoms with E-state index in [1.54, 1.807) is 18.2 Å². The van der Waals surface area contributed by atoms with E-state index in [2.05, 4.69) is 5.32 Å². The standard InChI is InChI=1S/C15H14F3NO2/c1-20-11-3-9(4-12(7-11)21-2)8-19-10-5-13(16)15(18)14(17)6-10/h3-7,19H,8H2,1-2H3. The maximum absolute atomic E-state index is 13.1. The van der Waals surface area contributed by atoms with E-state index in [0.29, 0.717) is 11.5 Å². The Labute approximate surface area is 120 Å². The maximum Gasteiger partial charge on any atom is 0.194 e. The van der Waals surface area contributed by atoms with E-state index in [1.165, 1.54) is 14.2 Å². The van der Waals surface area contributed by atoms with E-state index in [0.717, 1.165) is 17.7 Å². The molecule has 21 heavy (non-hydrogen) atoms. The summed E-state index contributed by atoms with van der Waals surface area (Å²) in [4.78, 5) is 0. The van der Waals surface area contributed by atoms with Crippen molar-refractivity contribution in [3.63, 3.8) is 0 Å². The van der Waals surface area contributed by atoms with Gasteiger partial charge in [-0.05, 0) is 17.7 Å². The Morgan fingerprint density at radius 2 is 1.38 bits per heavy atom. The van der Waals surface area contributed by atoms with Crippen LogP contribution in [0.15, 0.2) is 30.3 Å². The highest BCUT2D eigenvalue weighted by molar-refractivity contribution is 5.46. The van der Waals surface area contributed by atoms with Crippen LogP contribution in [0.5, 0.6) is 11.5 Å². The molecule has 0 heterocycles. The summed E-state index contributed by atoms with van der Waals surface area (Å²) in [5.74, 6) is -2.75. The molecule has 0 amide bonds. The van der Waals surface area contributed by atoms with Gasteiger partial charge in [0, 0.05) is 30.4 Å². The summed E-state index contributed by atoms with van der Waals surface area (Å²) >= 11 is 0. The maximum atomic E-state index is 13.1. The molecule has 0 fully saturated rings. The van der Waals surface area contributed by atoms with Gasteiger partial charge in [-0.1, -0.05) is 0 Å². The number of methoxy groups -OCH3 is 2. The van der Waals surface area contributed by atoms with Crippen LogP contribution in [-0.2, 0) is 6.54 Å². The summed E-state index contributed by atoms with van der Waals surface area (Å²) in [6.07, 6.45) is 0. The van der Waals surface area contributed by atoms with Crippen molar-refractivity contribution in [2.75, 3.05) is 19.5 Å². The van der Waals surface area contributed by atoms with E-state index in [4.69, 9.17) is 9.47 Å². The average molecular weight is 297 g/mol. The molecule has 2 aromatic rings. The van der Waals surface area contributed by atoms with Crippen LogP contribution in [0.1, 0.15) is 5.56 Å². The fourth-order valence-electron chi connectivity index (χ4n) is 1.83. The van der Waals surface area contributed by atoms with Crippen LogP contribution < -0.4 is 14.8 Å². The third-order valence-corrected chi connectivity index (χ3v) is 2.89. The minimum atomic E-state index is -1.48. The van der Waals surface area contributed by atoms with Crippen molar-refractivity contribution in [1.29, 1.82) is 0 Å². The summed E-state index contributed by atoms with van der Waals surface area (Å²) in [7, 11) is 3.05. The van der Waals surface area contributed by atoms with E-state index < -0.39 is 17.5 Å². The van der Waals surface area contributed by atoms with Crippen LogP contribution >= 0.6 is 0 Å². The summed E-state index contributed by atoms with van der Waals surface area (Å²) < 4.78 is 49.3. The molecule has 0 aliphatic carbocycles. The zero-order valence-electron chi connectivity index (χ0n) is 11.5. The molecular weight excluding hydrogens is 283 g/mol. The predicted molar refractivity (Wildman–Crippen MR) is 73.2 cm³/mol. The van der Waals surface area contributed by atoms with Crippen molar-refractivity contribution in [3.8, 4) is 11.5 Å². The van der Waals surface area contributed by atoms with E-state index in [-0.39, 0.29) is 12.2 Å². The summed E-state index contributed by atoms with van der Waals surface area (Å²) in [6.45, 7) is 0.276. The lowest BCUT2D eigenvalue weighted by Crippen LogP contribution is -2.02. The second-order valence-electron chi connectivity index (χ2n) is 4.33. The highest BCUT2D eigenvalue weighted by Gasteiger charge is 2.10. The number of hydrogen-bond acceptors (Lipinski definition) is 3. The predicted octanol–water partition coefficient (Wildman–Crippen LogP) is 3.73. The molecular formula is C15H14F3NO2. The lowest BCUT2D eigenvalue weighted by atomic mass is 10.2. The summed E-state index contributed by atoms with van der Waals surface area (Å²) in [5.41, 5.74) is 0.935. The molecule has 2 rings (SSSR count). The third-order valence-electron chi connectivity index (χ3n) is 2.89. The number of halogens is 3. The van der Waals surface area contributed by atoms with Gasteiger partial charge in [0.1, 0.15) is 11.5 Å². The second kappa shape index (κ2) is 6.39. The number of nitrogens with one attached hydrogen (secondary N) is 1. The van der Waals surface area contributed by atoms with E-state index in [1.807, 2.05) is 0 Å². The smallest absolute Gasteiger partial charge is 0.194 e. The molecule has 112 valence electrons. The van der Waals surface area contributed by atoms with Crippen molar-refractivity contribution < 1.29 is 22.6 Å². The largest absolute Gasteiger partial charge is 0.497 e. The number of hydrogen-bond donors (Lipinski definition) is 1. The lowest BCUT2D eigenvalue weighted by molar-refractivity contribution is 0.393. The number of ether oxygens (including phenoxy) is 2. The molecule has 0 radical (unpaired) electrons. The summed E-state index contributed by atoms with van der Waals surface area (Å²) in [5, 5.41) is 2.81. The fraction of sp³-hybridized carbons (Fsp3) is 0.200.